The van der Waals surface area contributed by atoms with Crippen molar-refractivity contribution in [2.24, 2.45) is 0 Å². The maximum atomic E-state index is 12.6. The van der Waals surface area contributed by atoms with Crippen LogP contribution in [0.4, 0.5) is 0 Å². The minimum Gasteiger partial charge on any atom is -0.442 e. The first-order valence-corrected chi connectivity index (χ1v) is 7.91. The Morgan fingerprint density at radius 2 is 2.16 bits per heavy atom. The lowest BCUT2D eigenvalue weighted by molar-refractivity contribution is 0.0527. The Kier molecular flexibility index (Phi) is 4.36. The number of amides is 1. The van der Waals surface area contributed by atoms with Gasteiger partial charge >= 0.3 is 0 Å². The number of nitrogens with zero attached hydrogens (tertiary/aromatic N) is 1. The molecule has 0 aliphatic rings. The van der Waals surface area contributed by atoms with Crippen LogP contribution in [0.3, 0.4) is 0 Å². The number of aromatic amines is 1. The molecule has 0 aliphatic heterocycles. The Morgan fingerprint density at radius 3 is 2.88 bits per heavy atom. The molecule has 1 atom stereocenters. The Balaban J connectivity index is 1.88. The SMILES string of the molecule is Cc1oc2nc[nH]c(=O)c2c1C(=O)NCC(C)(O)c1ccccc1Cl. The average molecular weight is 362 g/mol. The largest absolute Gasteiger partial charge is 0.442 e. The van der Waals surface area contributed by atoms with Crippen LogP contribution in [0.15, 0.2) is 39.8 Å². The number of halogens is 1. The van der Waals surface area contributed by atoms with Crippen LogP contribution in [0, 0.1) is 6.92 Å². The standard InChI is InChI=1S/C17H16ClN3O4/c1-9-12(13-15(23)20-8-21-16(13)25-9)14(22)19-7-17(2,24)10-5-3-4-6-11(10)18/h3-6,8,24H,7H2,1-2H3,(H,19,22)(H,20,21,23). The van der Waals surface area contributed by atoms with E-state index in [9.17, 15) is 14.7 Å². The van der Waals surface area contributed by atoms with Crippen molar-refractivity contribution < 1.29 is 14.3 Å². The molecule has 0 aliphatic carbocycles. The Morgan fingerprint density at radius 1 is 1.44 bits per heavy atom. The van der Waals surface area contributed by atoms with Crippen molar-refractivity contribution in [2.45, 2.75) is 19.4 Å². The summed E-state index contributed by atoms with van der Waals surface area (Å²) in [6.45, 7) is 3.02. The number of aliphatic hydroxyl groups is 1. The number of rotatable bonds is 4. The molecule has 25 heavy (non-hydrogen) atoms. The molecule has 3 N–H and O–H groups in total. The van der Waals surface area contributed by atoms with Crippen LogP contribution in [0.5, 0.6) is 0 Å². The van der Waals surface area contributed by atoms with Crippen LogP contribution >= 0.6 is 11.6 Å². The van der Waals surface area contributed by atoms with E-state index in [1.807, 2.05) is 0 Å². The number of hydrogen-bond donors (Lipinski definition) is 3. The van der Waals surface area contributed by atoms with Crippen LogP contribution < -0.4 is 10.9 Å². The molecule has 130 valence electrons. The topological polar surface area (TPSA) is 108 Å². The highest BCUT2D eigenvalue weighted by atomic mass is 35.5. The van der Waals surface area contributed by atoms with E-state index in [2.05, 4.69) is 15.3 Å². The molecule has 7 nitrogen and oxygen atoms in total. The first-order valence-electron chi connectivity index (χ1n) is 7.53. The maximum absolute atomic E-state index is 12.6. The summed E-state index contributed by atoms with van der Waals surface area (Å²) in [4.78, 5) is 30.9. The summed E-state index contributed by atoms with van der Waals surface area (Å²) in [7, 11) is 0. The lowest BCUT2D eigenvalue weighted by Gasteiger charge is -2.25. The number of carbonyl (C=O) groups excluding carboxylic acids is 1. The Bertz CT molecular complexity index is 1010. The van der Waals surface area contributed by atoms with Crippen LogP contribution in [-0.4, -0.2) is 27.5 Å². The fourth-order valence-corrected chi connectivity index (χ4v) is 3.00. The number of carbonyl (C=O) groups is 1. The molecule has 2 heterocycles. The summed E-state index contributed by atoms with van der Waals surface area (Å²) in [5.41, 5.74) is -1.18. The molecule has 1 amide bonds. The van der Waals surface area contributed by atoms with E-state index in [0.717, 1.165) is 0 Å². The highest BCUT2D eigenvalue weighted by Gasteiger charge is 2.28. The van der Waals surface area contributed by atoms with Crippen molar-refractivity contribution >= 4 is 28.6 Å². The second kappa shape index (κ2) is 6.34. The van der Waals surface area contributed by atoms with Gasteiger partial charge in [-0.3, -0.25) is 9.59 Å². The van der Waals surface area contributed by atoms with Gasteiger partial charge in [-0.1, -0.05) is 29.8 Å². The normalized spacial score (nSPS) is 13.6. The summed E-state index contributed by atoms with van der Waals surface area (Å²) in [5.74, 6) is -0.267. The van der Waals surface area contributed by atoms with Gasteiger partial charge in [0.1, 0.15) is 16.7 Å². The Hall–Kier alpha value is -2.64. The van der Waals surface area contributed by atoms with Crippen molar-refractivity contribution in [3.8, 4) is 0 Å². The summed E-state index contributed by atoms with van der Waals surface area (Å²) in [6.07, 6.45) is 1.21. The van der Waals surface area contributed by atoms with E-state index in [1.165, 1.54) is 6.33 Å². The molecule has 0 bridgehead atoms. The molecular weight excluding hydrogens is 346 g/mol. The van der Waals surface area contributed by atoms with Gasteiger partial charge in [-0.05, 0) is 19.9 Å². The second-order valence-corrected chi connectivity index (χ2v) is 6.29. The molecule has 1 aromatic carbocycles. The molecular formula is C17H16ClN3O4. The van der Waals surface area contributed by atoms with Gasteiger partial charge in [-0.2, -0.15) is 0 Å². The van der Waals surface area contributed by atoms with Crippen LogP contribution in [0.25, 0.3) is 11.1 Å². The van der Waals surface area contributed by atoms with Crippen LogP contribution in [-0.2, 0) is 5.60 Å². The third kappa shape index (κ3) is 3.16. The van der Waals surface area contributed by atoms with E-state index < -0.39 is 17.1 Å². The zero-order valence-corrected chi connectivity index (χ0v) is 14.3. The molecule has 1 unspecified atom stereocenters. The number of benzene rings is 1. The zero-order valence-electron chi connectivity index (χ0n) is 13.6. The van der Waals surface area contributed by atoms with Crippen LogP contribution in [0.2, 0.25) is 5.02 Å². The van der Waals surface area contributed by atoms with E-state index in [-0.39, 0.29) is 29.0 Å². The molecule has 8 heteroatoms. The molecule has 0 radical (unpaired) electrons. The van der Waals surface area contributed by atoms with Crippen molar-refractivity contribution in [3.63, 3.8) is 0 Å². The van der Waals surface area contributed by atoms with Gasteiger partial charge in [0.05, 0.1) is 18.4 Å². The zero-order chi connectivity index (χ0) is 18.2. The lowest BCUT2D eigenvalue weighted by atomic mass is 9.96. The lowest BCUT2D eigenvalue weighted by Crippen LogP contribution is -2.39. The number of nitrogens with one attached hydrogen (secondary N) is 2. The van der Waals surface area contributed by atoms with Gasteiger partial charge in [-0.25, -0.2) is 4.98 Å². The van der Waals surface area contributed by atoms with E-state index in [0.29, 0.717) is 10.6 Å². The highest BCUT2D eigenvalue weighted by Crippen LogP contribution is 2.27. The minimum absolute atomic E-state index is 0.0786. The van der Waals surface area contributed by atoms with Gasteiger partial charge in [-0.15, -0.1) is 0 Å². The van der Waals surface area contributed by atoms with E-state index >= 15 is 0 Å². The third-order valence-corrected chi connectivity index (χ3v) is 4.27. The molecule has 2 aromatic heterocycles. The Labute approximate surface area is 147 Å². The quantitative estimate of drug-likeness (QED) is 0.659. The van der Waals surface area contributed by atoms with Gasteiger partial charge < -0.3 is 19.8 Å². The number of H-pyrrole nitrogens is 1. The number of aromatic nitrogens is 2. The fraction of sp³-hybridized carbons (Fsp3) is 0.235. The monoisotopic (exact) mass is 361 g/mol. The maximum Gasteiger partial charge on any atom is 0.262 e. The van der Waals surface area contributed by atoms with Gasteiger partial charge in [0, 0.05) is 10.6 Å². The number of furan rings is 1. The smallest absolute Gasteiger partial charge is 0.262 e. The minimum atomic E-state index is -1.38. The number of aryl methyl sites for hydroxylation is 1. The number of hydrogen-bond acceptors (Lipinski definition) is 5. The van der Waals surface area contributed by atoms with E-state index in [1.54, 1.807) is 38.1 Å². The number of fused-ring (bicyclic) bond motifs is 1. The predicted molar refractivity (Wildman–Crippen MR) is 92.7 cm³/mol. The predicted octanol–water partition coefficient (Wildman–Crippen LogP) is 2.12. The molecule has 0 fully saturated rings. The van der Waals surface area contributed by atoms with Gasteiger partial charge in [0.15, 0.2) is 0 Å². The first-order chi connectivity index (χ1) is 11.8. The molecule has 0 saturated carbocycles. The van der Waals surface area contributed by atoms with E-state index in [4.69, 9.17) is 16.0 Å². The first kappa shape index (κ1) is 17.2. The average Bonchev–Trinajstić information content (AvgIpc) is 2.90. The van der Waals surface area contributed by atoms with Gasteiger partial charge in [0.25, 0.3) is 11.5 Å². The third-order valence-electron chi connectivity index (χ3n) is 3.94. The van der Waals surface area contributed by atoms with Crippen molar-refractivity contribution in [2.75, 3.05) is 6.54 Å². The summed E-state index contributed by atoms with van der Waals surface area (Å²) in [6, 6.07) is 6.84. The van der Waals surface area contributed by atoms with Crippen molar-refractivity contribution in [3.05, 3.63) is 62.9 Å². The summed E-state index contributed by atoms with van der Waals surface area (Å²) >= 11 is 6.11. The van der Waals surface area contributed by atoms with Gasteiger partial charge in [0.2, 0.25) is 5.71 Å². The van der Waals surface area contributed by atoms with Crippen LogP contribution in [0.1, 0.15) is 28.6 Å². The summed E-state index contributed by atoms with van der Waals surface area (Å²) in [5, 5.41) is 13.7. The van der Waals surface area contributed by atoms with Crippen molar-refractivity contribution in [1.29, 1.82) is 0 Å². The molecule has 0 saturated heterocycles. The highest BCUT2D eigenvalue weighted by molar-refractivity contribution is 6.31. The fourth-order valence-electron chi connectivity index (χ4n) is 2.66. The summed E-state index contributed by atoms with van der Waals surface area (Å²) < 4.78 is 5.36. The molecule has 3 aromatic rings. The molecule has 3 rings (SSSR count). The molecule has 0 spiro atoms. The van der Waals surface area contributed by atoms with Crippen molar-refractivity contribution in [1.82, 2.24) is 15.3 Å². The second-order valence-electron chi connectivity index (χ2n) is 5.88.